The lowest BCUT2D eigenvalue weighted by Crippen LogP contribution is -2.54. The van der Waals surface area contributed by atoms with Crippen LogP contribution in [0.1, 0.15) is 187 Å². The van der Waals surface area contributed by atoms with Crippen molar-refractivity contribution in [1.82, 2.24) is 40.0 Å². The van der Waals surface area contributed by atoms with E-state index in [9.17, 15) is 76.7 Å². The van der Waals surface area contributed by atoms with Gasteiger partial charge in [-0.1, -0.05) is 184 Å². The summed E-state index contributed by atoms with van der Waals surface area (Å²) >= 11 is 0. The number of amides is 15. The van der Waals surface area contributed by atoms with Crippen LogP contribution in [-0.4, -0.2) is 219 Å². The summed E-state index contributed by atoms with van der Waals surface area (Å²) in [5.74, 6) is -3.39. The minimum Gasteiger partial charge on any atom is -0.453 e. The van der Waals surface area contributed by atoms with Gasteiger partial charge >= 0.3 is 6.09 Å². The largest absolute Gasteiger partial charge is 0.453 e. The molecule has 0 aliphatic carbocycles. The number of anilines is 7. The number of ether oxygens (including phenoxy) is 1. The number of methoxy groups -OCH3 is 1. The molecule has 6 heterocycles. The van der Waals surface area contributed by atoms with Crippen LogP contribution in [0.25, 0.3) is 43.8 Å². The molecule has 0 spiro atoms. The Bertz CT molecular complexity index is 6560. The quantitative estimate of drug-likeness (QED) is 0.0184. The van der Waals surface area contributed by atoms with E-state index in [0.717, 1.165) is 80.6 Å². The summed E-state index contributed by atoms with van der Waals surface area (Å²) in [5.41, 5.74) is 10.4. The first-order chi connectivity index (χ1) is 72.2. The molecule has 0 saturated carbocycles. The maximum atomic E-state index is 13.5. The first kappa shape index (κ1) is 110. The Kier molecular flexibility index (Phi) is 37.9. The molecule has 10 aromatic carbocycles. The lowest BCUT2D eigenvalue weighted by molar-refractivity contribution is -0.143. The Morgan fingerprint density at radius 1 is 0.300 bits per heavy atom. The van der Waals surface area contributed by atoms with Crippen molar-refractivity contribution in [1.29, 1.82) is 0 Å². The highest BCUT2D eigenvalue weighted by atomic mass is 16.5. The van der Waals surface area contributed by atoms with Crippen LogP contribution in [0.3, 0.4) is 0 Å². The van der Waals surface area contributed by atoms with E-state index < -0.39 is 60.3 Å². The van der Waals surface area contributed by atoms with Crippen LogP contribution in [0.15, 0.2) is 231 Å². The molecule has 0 radical (unpaired) electrons. The second kappa shape index (κ2) is 51.7. The van der Waals surface area contributed by atoms with Crippen LogP contribution in [-0.2, 0) is 84.7 Å². The molecule has 6 saturated heterocycles. The lowest BCUT2D eigenvalue weighted by Gasteiger charge is -2.30. The molecule has 16 rings (SSSR count). The second-order valence-electron chi connectivity index (χ2n) is 40.2. The number of carbonyl (C=O) groups is 16. The monoisotopic (exact) mass is 2040 g/mol. The van der Waals surface area contributed by atoms with Gasteiger partial charge in [0, 0.05) is 116 Å². The zero-order valence-corrected chi connectivity index (χ0v) is 87.0. The third kappa shape index (κ3) is 28.2. The fourth-order valence-corrected chi connectivity index (χ4v) is 20.3. The SMILES string of the molecule is CCC(=O)C[C@H](C(=O)N1CCC[C@H]1C(=O)Nc1ccc2cc(-c3ccc(NC(=O)[C@@H]4CCCN4C(=O)Cc4ccccc4)cc3)ccc2c1)C(C)C.CCC(=O)N1CCC[C@H]1C(=O)Nc1ccc2cc(-c3ccc(NC(=O)[C@@H]4CCCN4C(=O)[C@@H](NC(=O)OC)C(C)C)cc3)ccc2c1.CCC(=O)N[C@H](C(=O)N1CCC[C@H]1C(=O)Nc1ccc(C(=O)Nc2ccc(NC(=O)[C@@H]3CCCN3C(=O)Cc3ccccc3)cc2)cc1)C(C)C. The van der Waals surface area contributed by atoms with E-state index in [2.05, 4.69) is 64.7 Å². The molecular formula is C118H137N15O17. The number of fused-ring (bicyclic) bond motifs is 2. The molecule has 32 heteroatoms. The predicted octanol–water partition coefficient (Wildman–Crippen LogP) is 17.0. The summed E-state index contributed by atoms with van der Waals surface area (Å²) in [4.78, 5) is 216. The molecule has 6 aliphatic rings. The summed E-state index contributed by atoms with van der Waals surface area (Å²) in [7, 11) is 1.25. The number of nitrogens with one attached hydrogen (secondary N) is 9. The summed E-state index contributed by atoms with van der Waals surface area (Å²) in [6.45, 7) is 19.8. The van der Waals surface area contributed by atoms with Gasteiger partial charge in [-0.3, -0.25) is 71.9 Å². The minimum absolute atomic E-state index is 0.00249. The van der Waals surface area contributed by atoms with Crippen LogP contribution in [0.2, 0.25) is 0 Å². The molecule has 32 nitrogen and oxygen atoms in total. The molecule has 15 amide bonds. The first-order valence-corrected chi connectivity index (χ1v) is 52.4. The van der Waals surface area contributed by atoms with E-state index in [1.807, 2.05) is 225 Å². The Balaban J connectivity index is 0.000000177. The van der Waals surface area contributed by atoms with Crippen molar-refractivity contribution in [2.24, 2.45) is 23.7 Å². The minimum atomic E-state index is -0.789. The third-order valence-corrected chi connectivity index (χ3v) is 28.8. The lowest BCUT2D eigenvalue weighted by atomic mass is 9.88. The van der Waals surface area contributed by atoms with Gasteiger partial charge in [-0.15, -0.1) is 0 Å². The van der Waals surface area contributed by atoms with E-state index in [1.54, 1.807) is 84.9 Å². The topological polar surface area (TPSA) is 410 Å². The Morgan fingerprint density at radius 3 is 0.947 bits per heavy atom. The molecule has 6 fully saturated rings. The number of likely N-dealkylation sites (tertiary alicyclic amines) is 6. The maximum Gasteiger partial charge on any atom is 0.407 e. The molecule has 0 bridgehead atoms. The fraction of sp³-hybridized carbons (Fsp3) is 0.390. The highest BCUT2D eigenvalue weighted by molar-refractivity contribution is 6.08. The van der Waals surface area contributed by atoms with Crippen LogP contribution in [0.4, 0.5) is 44.6 Å². The van der Waals surface area contributed by atoms with E-state index in [-0.39, 0.29) is 132 Å². The number of hydrogen-bond donors (Lipinski definition) is 9. The van der Waals surface area contributed by atoms with Gasteiger partial charge < -0.3 is 82.0 Å². The number of rotatable bonds is 33. The number of ketones is 1. The van der Waals surface area contributed by atoms with Gasteiger partial charge in [0.15, 0.2) is 0 Å². The Hall–Kier alpha value is -15.8. The predicted molar refractivity (Wildman–Crippen MR) is 580 cm³/mol. The highest BCUT2D eigenvalue weighted by Gasteiger charge is 2.44. The van der Waals surface area contributed by atoms with Crippen molar-refractivity contribution < 1.29 is 81.4 Å². The smallest absolute Gasteiger partial charge is 0.407 e. The van der Waals surface area contributed by atoms with Gasteiger partial charge in [0.25, 0.3) is 5.91 Å². The summed E-state index contributed by atoms with van der Waals surface area (Å²) in [6, 6.07) is 66.5. The Morgan fingerprint density at radius 2 is 0.600 bits per heavy atom. The maximum absolute atomic E-state index is 13.5. The second-order valence-corrected chi connectivity index (χ2v) is 40.2. The van der Waals surface area contributed by atoms with Gasteiger partial charge in [-0.25, -0.2) is 4.79 Å². The van der Waals surface area contributed by atoms with Crippen molar-refractivity contribution in [2.75, 3.05) is 83.6 Å². The van der Waals surface area contributed by atoms with E-state index in [4.69, 9.17) is 0 Å². The van der Waals surface area contributed by atoms with Gasteiger partial charge in [-0.05, 0) is 259 Å². The molecule has 0 unspecified atom stereocenters. The average molecular weight is 2040 g/mol. The molecule has 786 valence electrons. The number of Topliss-reactive ketones (excluding diaryl/α,β-unsaturated/α-hetero) is 1. The van der Waals surface area contributed by atoms with E-state index in [0.29, 0.717) is 149 Å². The molecule has 0 aromatic heterocycles. The summed E-state index contributed by atoms with van der Waals surface area (Å²) < 4.78 is 4.68. The number of nitrogens with zero attached hydrogens (tertiary/aromatic N) is 6. The standard InChI is InChI=1S/C43H48N4O5.C39H46N6O6.C36H43N5O6/c1-4-36(48)27-37(28(2)3)43(52)47-23-9-13-39(47)42(51)45-35-21-18-32-25-31(14-15-33(32)26-35)30-16-19-34(20-17-30)44-41(50)38-12-8-22-46(38)40(49)24-29-10-6-5-7-11-29;1-4-33(46)43-35(25(2)3)39(51)45-23-9-13-32(45)38(50)41-28-16-14-27(15-17-28)36(48)40-29-18-20-30(21-19-29)42-37(49)31-12-8-22-44(31)34(47)24-26-10-6-5-7-11-26;1-5-31(42)40-18-6-8-29(40)33(43)38-28-17-14-25-20-24(10-11-26(25)21-28)23-12-15-27(16-13-23)37-34(44)30-9-7-19-41(30)35(45)32(22(2)3)39-36(46)47-4/h5-7,10-11,14-21,25-26,28,37-39H,4,8-9,12-13,22-24,27H2,1-3H3,(H,44,50)(H,45,51);5-7,10-11,14-21,25,31-32,35H,4,8-9,12-13,22-24H2,1-3H3,(H,40,48)(H,41,50)(H,42,49)(H,43,46);10-17,20-22,29-30,32H,5-9,18-19H2,1-4H3,(H,37,44)(H,38,43)(H,39,46)/t37-,38-,39-;31-,32-,35-;29-,30-,32-/m000/s1. The first-order valence-electron chi connectivity index (χ1n) is 52.4. The van der Waals surface area contributed by atoms with Crippen molar-refractivity contribution >= 4 is 156 Å². The zero-order valence-electron chi connectivity index (χ0n) is 87.0. The highest BCUT2D eigenvalue weighted by Crippen LogP contribution is 2.36. The summed E-state index contributed by atoms with van der Waals surface area (Å²) in [6.07, 6.45) is 9.19. The summed E-state index contributed by atoms with van der Waals surface area (Å²) in [5, 5.41) is 29.9. The average Bonchev–Trinajstić information content (AvgIpc) is 1.55. The fourth-order valence-electron chi connectivity index (χ4n) is 20.3. The normalized spacial score (nSPS) is 17.8. The van der Waals surface area contributed by atoms with Crippen molar-refractivity contribution in [3.63, 3.8) is 0 Å². The Labute approximate surface area is 875 Å². The zero-order chi connectivity index (χ0) is 107. The molecular weight excluding hydrogens is 1900 g/mol. The van der Waals surface area contributed by atoms with E-state index >= 15 is 0 Å². The van der Waals surface area contributed by atoms with Crippen molar-refractivity contribution in [3.8, 4) is 22.3 Å². The van der Waals surface area contributed by atoms with Gasteiger partial charge in [-0.2, -0.15) is 0 Å². The van der Waals surface area contributed by atoms with Crippen LogP contribution >= 0.6 is 0 Å². The number of benzene rings is 10. The number of carbonyl (C=O) groups excluding carboxylic acids is 16. The molecule has 9 N–H and O–H groups in total. The van der Waals surface area contributed by atoms with Crippen molar-refractivity contribution in [3.05, 3.63) is 247 Å². The van der Waals surface area contributed by atoms with Crippen LogP contribution in [0.5, 0.6) is 0 Å². The van der Waals surface area contributed by atoms with Crippen molar-refractivity contribution in [2.45, 2.75) is 226 Å². The third-order valence-electron chi connectivity index (χ3n) is 28.8. The van der Waals surface area contributed by atoms with Crippen LogP contribution < -0.4 is 47.9 Å². The van der Waals surface area contributed by atoms with Gasteiger partial charge in [0.2, 0.25) is 76.8 Å². The molecule has 150 heavy (non-hydrogen) atoms. The van der Waals surface area contributed by atoms with Gasteiger partial charge in [0.1, 0.15) is 54.1 Å². The molecule has 6 aliphatic heterocycles. The van der Waals surface area contributed by atoms with Crippen LogP contribution in [0, 0.1) is 23.7 Å². The van der Waals surface area contributed by atoms with Gasteiger partial charge in [0.05, 0.1) is 20.0 Å². The molecule has 10 aromatic rings. The molecule has 9 atom stereocenters. The van der Waals surface area contributed by atoms with E-state index in [1.165, 1.54) is 7.11 Å². The number of alkyl carbamates (subject to hydrolysis) is 1. The number of hydrogen-bond acceptors (Lipinski definition) is 17.